The summed E-state index contributed by atoms with van der Waals surface area (Å²) in [5.41, 5.74) is 6.13. The van der Waals surface area contributed by atoms with Gasteiger partial charge >= 0.3 is 5.69 Å². The van der Waals surface area contributed by atoms with Crippen LogP contribution in [0.5, 0.6) is 0 Å². The van der Waals surface area contributed by atoms with Gasteiger partial charge in [-0.15, -0.1) is 11.3 Å². The number of nitrogens with two attached hydrogens (primary N) is 1. The number of H-pyrrole nitrogens is 1. The Morgan fingerprint density at radius 1 is 1.24 bits per heavy atom. The molecule has 4 heterocycles. The number of carbonyl (C=O) groups is 1. The first kappa shape index (κ1) is 19.6. The van der Waals surface area contributed by atoms with Crippen molar-refractivity contribution in [2.24, 2.45) is 0 Å². The van der Waals surface area contributed by atoms with Crippen molar-refractivity contribution in [2.45, 2.75) is 13.8 Å². The third kappa shape index (κ3) is 3.79. The molecule has 1 aliphatic heterocycles. The third-order valence-electron chi connectivity index (χ3n) is 5.05. The molecule has 3 aromatic rings. The lowest BCUT2D eigenvalue weighted by atomic mass is 10.2. The molecule has 0 saturated carbocycles. The molecule has 3 N–H and O–H groups in total. The van der Waals surface area contributed by atoms with E-state index < -0.39 is 5.69 Å². The van der Waals surface area contributed by atoms with Gasteiger partial charge in [0.15, 0.2) is 5.13 Å². The van der Waals surface area contributed by atoms with Crippen LogP contribution < -0.4 is 21.2 Å². The molecule has 1 amide bonds. The zero-order valence-corrected chi connectivity index (χ0v) is 18.0. The molecular weight excluding hydrogens is 410 g/mol. The number of nitrogens with zero attached hydrogens (tertiary/aromatic N) is 5. The Kier molecular flexibility index (Phi) is 5.41. The quantitative estimate of drug-likeness (QED) is 0.631. The molecule has 154 valence electrons. The van der Waals surface area contributed by atoms with E-state index in [1.54, 1.807) is 11.3 Å². The number of hydrogen-bond donors (Lipinski definition) is 2. The molecule has 29 heavy (non-hydrogen) atoms. The summed E-state index contributed by atoms with van der Waals surface area (Å²) in [6.45, 7) is 8.50. The number of thiophene rings is 1. The van der Waals surface area contributed by atoms with Gasteiger partial charge in [-0.3, -0.25) is 9.78 Å². The van der Waals surface area contributed by atoms with Gasteiger partial charge in [-0.2, -0.15) is 4.98 Å². The zero-order valence-electron chi connectivity index (χ0n) is 16.3. The molecule has 0 spiro atoms. The molecule has 11 heteroatoms. The van der Waals surface area contributed by atoms with E-state index in [2.05, 4.69) is 28.7 Å². The zero-order chi connectivity index (χ0) is 20.5. The minimum absolute atomic E-state index is 0.0387. The summed E-state index contributed by atoms with van der Waals surface area (Å²) in [6, 6.07) is 1.96. The van der Waals surface area contributed by atoms with Gasteiger partial charge in [0.2, 0.25) is 0 Å². The van der Waals surface area contributed by atoms with Crippen LogP contribution >= 0.6 is 22.7 Å². The van der Waals surface area contributed by atoms with Crippen LogP contribution in [0.1, 0.15) is 23.5 Å². The van der Waals surface area contributed by atoms with Crippen LogP contribution in [0.3, 0.4) is 0 Å². The number of piperazine rings is 1. The molecule has 0 aromatic carbocycles. The average molecular weight is 434 g/mol. The van der Waals surface area contributed by atoms with Crippen molar-refractivity contribution >= 4 is 54.7 Å². The minimum atomic E-state index is -0.463. The maximum Gasteiger partial charge on any atom is 0.346 e. The summed E-state index contributed by atoms with van der Waals surface area (Å²) in [5.74, 6) is 0.343. The second-order valence-electron chi connectivity index (χ2n) is 6.72. The van der Waals surface area contributed by atoms with Gasteiger partial charge in [0.25, 0.3) is 5.91 Å². The molecule has 0 bridgehead atoms. The van der Waals surface area contributed by atoms with Gasteiger partial charge < -0.3 is 20.4 Å². The van der Waals surface area contributed by atoms with Gasteiger partial charge in [0.1, 0.15) is 10.6 Å². The van der Waals surface area contributed by atoms with Gasteiger partial charge in [-0.25, -0.2) is 9.78 Å². The maximum atomic E-state index is 13.0. The summed E-state index contributed by atoms with van der Waals surface area (Å²) in [4.78, 5) is 42.9. The number of fused-ring (bicyclic) bond motifs is 1. The highest BCUT2D eigenvalue weighted by Crippen LogP contribution is 2.35. The Bertz CT molecular complexity index is 1050. The van der Waals surface area contributed by atoms with Crippen LogP contribution in [0, 0.1) is 0 Å². The van der Waals surface area contributed by atoms with Crippen molar-refractivity contribution in [1.82, 2.24) is 19.9 Å². The lowest BCUT2D eigenvalue weighted by molar-refractivity contribution is 0.0752. The van der Waals surface area contributed by atoms with Gasteiger partial charge in [0.05, 0.1) is 21.5 Å². The van der Waals surface area contributed by atoms with Crippen LogP contribution in [0.25, 0.3) is 9.53 Å². The molecule has 4 rings (SSSR count). The van der Waals surface area contributed by atoms with Crippen molar-refractivity contribution < 1.29 is 4.79 Å². The predicted molar refractivity (Wildman–Crippen MR) is 118 cm³/mol. The number of nitrogen functional groups attached to an aromatic ring is 1. The van der Waals surface area contributed by atoms with Gasteiger partial charge in [-0.05, 0) is 19.9 Å². The van der Waals surface area contributed by atoms with E-state index in [9.17, 15) is 9.59 Å². The lowest BCUT2D eigenvalue weighted by Gasteiger charge is -2.35. The normalized spacial score (nSPS) is 14.6. The molecule has 1 saturated heterocycles. The standard InChI is InChI=1S/C18H23N7O2S2/c1-3-23(4-2)18-22-15-12(29-18)9-13(28-15)16(26)25-7-5-24(6-8-25)11-10-20-17(27)21-14(11)19/h9-10H,3-8H2,1-2H3,(H3,19,20,21,27). The van der Waals surface area contributed by atoms with Crippen molar-refractivity contribution in [3.63, 3.8) is 0 Å². The van der Waals surface area contributed by atoms with E-state index in [-0.39, 0.29) is 5.91 Å². The molecular formula is C18H23N7O2S2. The highest BCUT2D eigenvalue weighted by atomic mass is 32.1. The second kappa shape index (κ2) is 7.99. The largest absolute Gasteiger partial charge is 0.383 e. The van der Waals surface area contributed by atoms with Crippen molar-refractivity contribution in [3.05, 3.63) is 27.6 Å². The molecule has 1 fully saturated rings. The first-order valence-corrected chi connectivity index (χ1v) is 11.2. The van der Waals surface area contributed by atoms with Crippen LogP contribution in [-0.2, 0) is 0 Å². The SMILES string of the molecule is CCN(CC)c1nc2sc(C(=O)N3CCN(c4cnc(=O)[nH]c4N)CC3)cc2s1. The topological polar surface area (TPSA) is 111 Å². The predicted octanol–water partition coefficient (Wildman–Crippen LogP) is 1.83. The Morgan fingerprint density at radius 3 is 2.59 bits per heavy atom. The molecule has 9 nitrogen and oxygen atoms in total. The first-order chi connectivity index (χ1) is 14.0. The number of thiazole rings is 1. The summed E-state index contributed by atoms with van der Waals surface area (Å²) in [6.07, 6.45) is 1.48. The van der Waals surface area contributed by atoms with Crippen LogP contribution in [0.15, 0.2) is 17.1 Å². The summed E-state index contributed by atoms with van der Waals surface area (Å²) in [7, 11) is 0. The molecule has 0 radical (unpaired) electrons. The number of nitrogens with one attached hydrogen (secondary N) is 1. The van der Waals surface area contributed by atoms with E-state index in [0.717, 1.165) is 32.6 Å². The van der Waals surface area contributed by atoms with E-state index in [1.165, 1.54) is 17.5 Å². The van der Waals surface area contributed by atoms with Crippen LogP contribution in [0.2, 0.25) is 0 Å². The lowest BCUT2D eigenvalue weighted by Crippen LogP contribution is -2.49. The number of carbonyl (C=O) groups excluding carboxylic acids is 1. The van der Waals surface area contributed by atoms with E-state index >= 15 is 0 Å². The van der Waals surface area contributed by atoms with Crippen molar-refractivity contribution in [1.29, 1.82) is 0 Å². The average Bonchev–Trinajstić information content (AvgIpc) is 3.28. The fourth-order valence-electron chi connectivity index (χ4n) is 3.42. The number of rotatable bonds is 5. The molecule has 3 aromatic heterocycles. The smallest absolute Gasteiger partial charge is 0.346 e. The maximum absolute atomic E-state index is 13.0. The Hall–Kier alpha value is -2.66. The fourth-order valence-corrected chi connectivity index (χ4v) is 5.72. The Labute approximate surface area is 175 Å². The van der Waals surface area contributed by atoms with Gasteiger partial charge in [-0.1, -0.05) is 11.3 Å². The van der Waals surface area contributed by atoms with Crippen molar-refractivity contribution in [2.75, 3.05) is 54.8 Å². The molecule has 0 unspecified atom stereocenters. The summed E-state index contributed by atoms with van der Waals surface area (Å²) >= 11 is 3.09. The van der Waals surface area contributed by atoms with Crippen molar-refractivity contribution in [3.8, 4) is 0 Å². The van der Waals surface area contributed by atoms with E-state index in [1.807, 2.05) is 15.9 Å². The molecule has 1 aliphatic rings. The minimum Gasteiger partial charge on any atom is -0.383 e. The second-order valence-corrected chi connectivity index (χ2v) is 8.76. The number of anilines is 3. The van der Waals surface area contributed by atoms with Crippen LogP contribution in [0.4, 0.5) is 16.6 Å². The number of amides is 1. The third-order valence-corrected chi connectivity index (χ3v) is 7.26. The Balaban J connectivity index is 1.44. The summed E-state index contributed by atoms with van der Waals surface area (Å²) < 4.78 is 1.06. The van der Waals surface area contributed by atoms with E-state index in [4.69, 9.17) is 10.7 Å². The monoisotopic (exact) mass is 433 g/mol. The number of aromatic nitrogens is 3. The first-order valence-electron chi connectivity index (χ1n) is 9.54. The van der Waals surface area contributed by atoms with Crippen LogP contribution in [-0.4, -0.2) is 65.0 Å². The highest BCUT2D eigenvalue weighted by Gasteiger charge is 2.25. The fraction of sp³-hybridized carbons (Fsp3) is 0.444. The van der Waals surface area contributed by atoms with Gasteiger partial charge in [0, 0.05) is 39.3 Å². The Morgan fingerprint density at radius 2 is 1.97 bits per heavy atom. The van der Waals surface area contributed by atoms with E-state index in [0.29, 0.717) is 37.7 Å². The number of aromatic amines is 1. The molecule has 0 aliphatic carbocycles. The summed E-state index contributed by atoms with van der Waals surface area (Å²) in [5, 5.41) is 1.01. The molecule has 0 atom stereocenters. The number of hydrogen-bond acceptors (Lipinski definition) is 9. The highest BCUT2D eigenvalue weighted by molar-refractivity contribution is 7.29.